The molecule has 1 atom stereocenters. The maximum atomic E-state index is 3.67. The number of hydrogen-bond donors (Lipinski definition) is 1. The lowest BCUT2D eigenvalue weighted by atomic mass is 9.99. The highest BCUT2D eigenvalue weighted by atomic mass is 28.3. The van der Waals surface area contributed by atoms with Gasteiger partial charge >= 0.3 is 0 Å². The average molecular weight is 358 g/mol. The van der Waals surface area contributed by atoms with Crippen LogP contribution in [-0.2, 0) is 6.54 Å². The number of rotatable bonds is 4. The molecule has 0 unspecified atom stereocenters. The Bertz CT molecular complexity index is 952. The van der Waals surface area contributed by atoms with Crippen LogP contribution >= 0.6 is 0 Å². The Kier molecular flexibility index (Phi) is 5.61. The summed E-state index contributed by atoms with van der Waals surface area (Å²) in [5, 5.41) is 6.29. The van der Waals surface area contributed by atoms with E-state index in [-0.39, 0.29) is 6.04 Å². The van der Waals surface area contributed by atoms with Crippen LogP contribution in [0.1, 0.15) is 29.7 Å². The summed E-state index contributed by atoms with van der Waals surface area (Å²) in [6.45, 7) is 9.90. The molecule has 0 aliphatic heterocycles. The first-order chi connectivity index (χ1) is 12.4. The molecular formula is C24H27NSi. The van der Waals surface area contributed by atoms with E-state index < -0.39 is 8.07 Å². The summed E-state index contributed by atoms with van der Waals surface area (Å²) in [6.07, 6.45) is 0. The van der Waals surface area contributed by atoms with Crippen LogP contribution in [-0.4, -0.2) is 8.07 Å². The molecule has 0 aliphatic rings. The van der Waals surface area contributed by atoms with Crippen molar-refractivity contribution in [1.82, 2.24) is 5.32 Å². The van der Waals surface area contributed by atoms with Crippen LogP contribution in [0, 0.1) is 11.5 Å². The van der Waals surface area contributed by atoms with Crippen molar-refractivity contribution in [2.24, 2.45) is 0 Å². The van der Waals surface area contributed by atoms with Crippen LogP contribution in [0.3, 0.4) is 0 Å². The topological polar surface area (TPSA) is 12.0 Å². The maximum absolute atomic E-state index is 3.67. The smallest absolute Gasteiger partial charge is 0.129 e. The Morgan fingerprint density at radius 1 is 0.923 bits per heavy atom. The van der Waals surface area contributed by atoms with Gasteiger partial charge in [0.15, 0.2) is 0 Å². The lowest BCUT2D eigenvalue weighted by Gasteiger charge is -2.17. The summed E-state index contributed by atoms with van der Waals surface area (Å²) in [4.78, 5) is 0. The number of fused-ring (bicyclic) bond motifs is 1. The van der Waals surface area contributed by atoms with Crippen LogP contribution in [0.4, 0.5) is 0 Å². The van der Waals surface area contributed by atoms with Crippen LogP contribution < -0.4 is 5.32 Å². The van der Waals surface area contributed by atoms with Crippen LogP contribution in [0.5, 0.6) is 0 Å². The van der Waals surface area contributed by atoms with Crippen molar-refractivity contribution in [3.63, 3.8) is 0 Å². The molecule has 132 valence electrons. The zero-order chi connectivity index (χ0) is 18.6. The maximum Gasteiger partial charge on any atom is 0.129 e. The highest BCUT2D eigenvalue weighted by Gasteiger charge is 2.09. The van der Waals surface area contributed by atoms with Crippen molar-refractivity contribution in [2.45, 2.75) is 39.2 Å². The lowest BCUT2D eigenvalue weighted by molar-refractivity contribution is 0.578. The van der Waals surface area contributed by atoms with Crippen LogP contribution in [0.25, 0.3) is 10.8 Å². The molecule has 0 saturated carbocycles. The largest absolute Gasteiger partial charge is 0.306 e. The highest BCUT2D eigenvalue weighted by molar-refractivity contribution is 6.83. The Morgan fingerprint density at radius 3 is 2.46 bits per heavy atom. The molecule has 0 aliphatic carbocycles. The van der Waals surface area contributed by atoms with Gasteiger partial charge in [0.1, 0.15) is 8.07 Å². The van der Waals surface area contributed by atoms with Gasteiger partial charge in [-0.1, -0.05) is 80.2 Å². The first-order valence-corrected chi connectivity index (χ1v) is 12.8. The van der Waals surface area contributed by atoms with E-state index in [0.717, 1.165) is 12.1 Å². The van der Waals surface area contributed by atoms with Gasteiger partial charge in [-0.3, -0.25) is 0 Å². The van der Waals surface area contributed by atoms with E-state index in [1.165, 1.54) is 21.9 Å². The second-order valence-electron chi connectivity index (χ2n) is 7.87. The molecule has 2 heteroatoms. The Hall–Kier alpha value is -2.34. The molecule has 0 aromatic heterocycles. The second-order valence-corrected chi connectivity index (χ2v) is 12.6. The van der Waals surface area contributed by atoms with Crippen molar-refractivity contribution >= 4 is 18.8 Å². The van der Waals surface area contributed by atoms with Crippen molar-refractivity contribution in [1.29, 1.82) is 0 Å². The third-order valence-corrected chi connectivity index (χ3v) is 5.29. The van der Waals surface area contributed by atoms with Gasteiger partial charge in [0.2, 0.25) is 0 Å². The second kappa shape index (κ2) is 7.91. The molecule has 0 spiro atoms. The van der Waals surface area contributed by atoms with Gasteiger partial charge in [0.05, 0.1) is 0 Å². The first-order valence-electron chi connectivity index (χ1n) is 9.25. The van der Waals surface area contributed by atoms with Gasteiger partial charge in [-0.25, -0.2) is 0 Å². The van der Waals surface area contributed by atoms with E-state index in [9.17, 15) is 0 Å². The minimum Gasteiger partial charge on any atom is -0.306 e. The monoisotopic (exact) mass is 357 g/mol. The first kappa shape index (κ1) is 18.4. The summed E-state index contributed by atoms with van der Waals surface area (Å²) in [7, 11) is -1.34. The third-order valence-electron chi connectivity index (χ3n) is 4.41. The molecule has 0 bridgehead atoms. The molecule has 1 N–H and O–H groups in total. The van der Waals surface area contributed by atoms with E-state index in [4.69, 9.17) is 0 Å². The minimum absolute atomic E-state index is 0.290. The van der Waals surface area contributed by atoms with E-state index in [1.807, 2.05) is 0 Å². The molecule has 0 saturated heterocycles. The summed E-state index contributed by atoms with van der Waals surface area (Å²) in [5.41, 5.74) is 7.18. The van der Waals surface area contributed by atoms with Crippen LogP contribution in [0.15, 0.2) is 66.7 Å². The van der Waals surface area contributed by atoms with Crippen molar-refractivity contribution in [2.75, 3.05) is 0 Å². The average Bonchev–Trinajstić information content (AvgIpc) is 2.64. The quantitative estimate of drug-likeness (QED) is 0.451. The Balaban J connectivity index is 1.73. The number of hydrogen-bond acceptors (Lipinski definition) is 1. The Morgan fingerprint density at radius 2 is 1.65 bits per heavy atom. The van der Waals surface area contributed by atoms with Crippen molar-refractivity contribution in [3.05, 3.63) is 83.4 Å². The molecule has 3 aromatic rings. The van der Waals surface area contributed by atoms with E-state index >= 15 is 0 Å². The lowest BCUT2D eigenvalue weighted by Crippen LogP contribution is -2.18. The zero-order valence-corrected chi connectivity index (χ0v) is 17.1. The summed E-state index contributed by atoms with van der Waals surface area (Å²) >= 11 is 0. The fourth-order valence-corrected chi connectivity index (χ4v) is 3.55. The van der Waals surface area contributed by atoms with Gasteiger partial charge in [0.25, 0.3) is 0 Å². The highest BCUT2D eigenvalue weighted by Crippen LogP contribution is 2.24. The van der Waals surface area contributed by atoms with Gasteiger partial charge in [-0.15, -0.1) is 5.54 Å². The summed E-state index contributed by atoms with van der Waals surface area (Å²) in [6, 6.07) is 24.0. The standard InChI is InChI=1S/C24H27NSi/c1-19(23-14-8-12-22-11-5-6-13-24(22)23)25-18-21-10-7-9-20(17-21)15-16-26(2,3)4/h5-14,17,19,25H,18H2,1-4H3/t19-/m1/s1. The molecule has 0 amide bonds. The molecule has 0 heterocycles. The van der Waals surface area contributed by atoms with Gasteiger partial charge in [-0.2, -0.15) is 0 Å². The predicted molar refractivity (Wildman–Crippen MR) is 116 cm³/mol. The van der Waals surface area contributed by atoms with Gasteiger partial charge < -0.3 is 5.32 Å². The third kappa shape index (κ3) is 4.85. The molecule has 1 nitrogen and oxygen atoms in total. The SMILES string of the molecule is C[C@@H](NCc1cccc(C#C[Si](C)(C)C)c1)c1cccc2ccccc12. The molecular weight excluding hydrogens is 330 g/mol. The molecule has 0 radical (unpaired) electrons. The van der Waals surface area contributed by atoms with Crippen molar-refractivity contribution < 1.29 is 0 Å². The normalized spacial score (nSPS) is 12.5. The predicted octanol–water partition coefficient (Wildman–Crippen LogP) is 5.92. The van der Waals surface area contributed by atoms with Crippen LogP contribution in [0.2, 0.25) is 19.6 Å². The van der Waals surface area contributed by atoms with E-state index in [1.54, 1.807) is 0 Å². The number of benzene rings is 3. The van der Waals surface area contributed by atoms with E-state index in [0.29, 0.717) is 0 Å². The molecule has 0 fully saturated rings. The molecule has 26 heavy (non-hydrogen) atoms. The molecule has 3 rings (SSSR count). The fraction of sp³-hybridized carbons (Fsp3) is 0.250. The summed E-state index contributed by atoms with van der Waals surface area (Å²) < 4.78 is 0. The minimum atomic E-state index is -1.34. The fourth-order valence-electron chi connectivity index (χ4n) is 3.03. The van der Waals surface area contributed by atoms with Gasteiger partial charge in [-0.05, 0) is 41.0 Å². The van der Waals surface area contributed by atoms with Crippen molar-refractivity contribution in [3.8, 4) is 11.5 Å². The zero-order valence-electron chi connectivity index (χ0n) is 16.1. The molecule has 3 aromatic carbocycles. The van der Waals surface area contributed by atoms with Gasteiger partial charge in [0, 0.05) is 18.2 Å². The number of nitrogens with one attached hydrogen (secondary N) is 1. The summed E-state index contributed by atoms with van der Waals surface area (Å²) in [5.74, 6) is 3.35. The van der Waals surface area contributed by atoms with E-state index in [2.05, 4.69) is 110 Å². The Labute approximate surface area is 158 Å².